The Labute approximate surface area is 141 Å². The van der Waals surface area contributed by atoms with Gasteiger partial charge in [0.2, 0.25) is 5.69 Å². The molecule has 0 atom stereocenters. The predicted octanol–water partition coefficient (Wildman–Crippen LogP) is -0.249. The van der Waals surface area contributed by atoms with Gasteiger partial charge in [-0.1, -0.05) is 6.07 Å². The smallest absolute Gasteiger partial charge is 0.208 e. The van der Waals surface area contributed by atoms with E-state index in [0.717, 1.165) is 31.9 Å². The van der Waals surface area contributed by atoms with Crippen molar-refractivity contribution in [2.24, 2.45) is 0 Å². The average Bonchev–Trinajstić information content (AvgIpc) is 2.91. The van der Waals surface area contributed by atoms with Crippen LogP contribution in [0.25, 0.3) is 11.6 Å². The second-order valence-corrected chi connectivity index (χ2v) is 5.70. The number of allylic oxidation sites excluding steroid dienone is 1. The standard InChI is InChI=1S/C18H19N2O.BrH/c1-19-10-11-21-18-13-14(5-6-17(18)19)12-15-7-9-20-8-3-2-4-16(15)20;/h2-6,8,12-13H,7,9-11H2,1H3;1H/q+1;/p-1. The number of likely N-dealkylation sites (N-methyl/N-ethyl adjacent to an activating group) is 1. The minimum atomic E-state index is 0. The highest BCUT2D eigenvalue weighted by molar-refractivity contribution is 5.81. The number of hydrogen-bond acceptors (Lipinski definition) is 2. The third-order valence-corrected chi connectivity index (χ3v) is 4.31. The highest BCUT2D eigenvalue weighted by Gasteiger charge is 2.23. The first kappa shape index (κ1) is 15.1. The molecular formula is C18H19BrN2O. The molecule has 0 radical (unpaired) electrons. The zero-order valence-electron chi connectivity index (χ0n) is 12.6. The van der Waals surface area contributed by atoms with Crippen LogP contribution in [-0.2, 0) is 6.54 Å². The summed E-state index contributed by atoms with van der Waals surface area (Å²) in [5.41, 5.74) is 5.13. The maximum absolute atomic E-state index is 5.79. The molecule has 2 aliphatic heterocycles. The Hall–Kier alpha value is -1.81. The van der Waals surface area contributed by atoms with E-state index in [-0.39, 0.29) is 17.0 Å². The molecule has 1 aromatic heterocycles. The zero-order valence-corrected chi connectivity index (χ0v) is 14.2. The highest BCUT2D eigenvalue weighted by Crippen LogP contribution is 2.33. The number of benzene rings is 1. The van der Waals surface area contributed by atoms with Crippen LogP contribution < -0.4 is 31.2 Å². The summed E-state index contributed by atoms with van der Waals surface area (Å²) in [6, 6.07) is 12.9. The Kier molecular flexibility index (Phi) is 4.21. The molecule has 2 aliphatic rings. The summed E-state index contributed by atoms with van der Waals surface area (Å²) >= 11 is 0. The molecule has 4 rings (SSSR count). The molecule has 0 bridgehead atoms. The lowest BCUT2D eigenvalue weighted by atomic mass is 10.1. The Morgan fingerprint density at radius 2 is 2.14 bits per heavy atom. The molecule has 2 aromatic rings. The minimum Gasteiger partial charge on any atom is -1.00 e. The summed E-state index contributed by atoms with van der Waals surface area (Å²) < 4.78 is 8.11. The number of aryl methyl sites for hydroxylation is 1. The second-order valence-electron chi connectivity index (χ2n) is 5.70. The molecule has 0 fully saturated rings. The van der Waals surface area contributed by atoms with Crippen LogP contribution in [0.4, 0.5) is 5.69 Å². The van der Waals surface area contributed by atoms with Gasteiger partial charge in [-0.15, -0.1) is 0 Å². The Morgan fingerprint density at radius 3 is 3.05 bits per heavy atom. The number of halogens is 1. The van der Waals surface area contributed by atoms with Crippen LogP contribution >= 0.6 is 0 Å². The van der Waals surface area contributed by atoms with Gasteiger partial charge < -0.3 is 26.6 Å². The summed E-state index contributed by atoms with van der Waals surface area (Å²) in [6.07, 6.45) is 5.54. The third-order valence-electron chi connectivity index (χ3n) is 4.31. The van der Waals surface area contributed by atoms with Gasteiger partial charge in [-0.2, -0.15) is 4.57 Å². The Bertz CT molecular complexity index is 727. The summed E-state index contributed by atoms with van der Waals surface area (Å²) in [6.45, 7) is 2.80. The van der Waals surface area contributed by atoms with Crippen molar-refractivity contribution in [3.05, 3.63) is 53.9 Å². The lowest BCUT2D eigenvalue weighted by Gasteiger charge is -2.27. The molecule has 3 nitrogen and oxygen atoms in total. The first-order valence-corrected chi connectivity index (χ1v) is 7.49. The number of rotatable bonds is 1. The van der Waals surface area contributed by atoms with Gasteiger partial charge >= 0.3 is 0 Å². The first-order chi connectivity index (χ1) is 10.3. The van der Waals surface area contributed by atoms with Crippen molar-refractivity contribution in [3.8, 4) is 5.75 Å². The number of nitrogens with zero attached hydrogens (tertiary/aromatic N) is 2. The van der Waals surface area contributed by atoms with E-state index in [9.17, 15) is 0 Å². The van der Waals surface area contributed by atoms with E-state index in [1.54, 1.807) is 0 Å². The number of aromatic nitrogens is 1. The van der Waals surface area contributed by atoms with Crippen LogP contribution in [0.1, 0.15) is 17.7 Å². The van der Waals surface area contributed by atoms with Crippen molar-refractivity contribution in [3.63, 3.8) is 0 Å². The zero-order chi connectivity index (χ0) is 14.2. The van der Waals surface area contributed by atoms with Crippen LogP contribution in [0.3, 0.4) is 0 Å². The van der Waals surface area contributed by atoms with E-state index >= 15 is 0 Å². The molecule has 3 heterocycles. The quantitative estimate of drug-likeness (QED) is 0.653. The molecule has 0 saturated heterocycles. The largest absolute Gasteiger partial charge is 1.00 e. The normalized spacial score (nSPS) is 17.5. The molecule has 0 unspecified atom stereocenters. The van der Waals surface area contributed by atoms with E-state index in [2.05, 4.69) is 65.2 Å². The molecule has 0 saturated carbocycles. The van der Waals surface area contributed by atoms with E-state index in [0.29, 0.717) is 0 Å². The van der Waals surface area contributed by atoms with Gasteiger partial charge in [-0.3, -0.25) is 0 Å². The monoisotopic (exact) mass is 358 g/mol. The van der Waals surface area contributed by atoms with Crippen molar-refractivity contribution in [1.29, 1.82) is 0 Å². The Morgan fingerprint density at radius 1 is 1.23 bits per heavy atom. The van der Waals surface area contributed by atoms with Gasteiger partial charge in [0.25, 0.3) is 0 Å². The fourth-order valence-electron chi connectivity index (χ4n) is 3.14. The fourth-order valence-corrected chi connectivity index (χ4v) is 3.14. The summed E-state index contributed by atoms with van der Waals surface area (Å²) in [5.74, 6) is 0.997. The summed E-state index contributed by atoms with van der Waals surface area (Å²) in [5, 5.41) is 0. The van der Waals surface area contributed by atoms with Crippen LogP contribution in [-0.4, -0.2) is 20.2 Å². The van der Waals surface area contributed by atoms with E-state index < -0.39 is 0 Å². The lowest BCUT2D eigenvalue weighted by Crippen LogP contribution is -3.00. The topological polar surface area (TPSA) is 16.4 Å². The first-order valence-electron chi connectivity index (χ1n) is 7.49. The molecule has 4 heteroatoms. The van der Waals surface area contributed by atoms with Crippen LogP contribution in [0.2, 0.25) is 0 Å². The molecule has 0 spiro atoms. The SMILES string of the molecule is CN1CCOc2cc(/C=C3\CC[n+]4ccccc43)ccc21.[Br-]. The van der Waals surface area contributed by atoms with Crippen LogP contribution in [0.5, 0.6) is 5.75 Å². The molecular weight excluding hydrogens is 340 g/mol. The van der Waals surface area contributed by atoms with Gasteiger partial charge in [-0.25, -0.2) is 0 Å². The van der Waals surface area contributed by atoms with Gasteiger partial charge in [0.05, 0.1) is 12.2 Å². The van der Waals surface area contributed by atoms with E-state index in [1.807, 2.05) is 0 Å². The molecule has 0 aliphatic carbocycles. The van der Waals surface area contributed by atoms with Crippen LogP contribution in [0.15, 0.2) is 42.6 Å². The van der Waals surface area contributed by atoms with Crippen molar-refractivity contribution in [1.82, 2.24) is 0 Å². The number of ether oxygens (including phenoxy) is 1. The van der Waals surface area contributed by atoms with Crippen molar-refractivity contribution < 1.29 is 26.3 Å². The van der Waals surface area contributed by atoms with Gasteiger partial charge in [0.15, 0.2) is 12.7 Å². The molecule has 0 N–H and O–H groups in total. The summed E-state index contributed by atoms with van der Waals surface area (Å²) in [7, 11) is 2.11. The number of anilines is 1. The molecule has 1 aromatic carbocycles. The highest BCUT2D eigenvalue weighted by atomic mass is 79.9. The molecule has 0 amide bonds. The second kappa shape index (κ2) is 6.13. The predicted molar refractivity (Wildman–Crippen MR) is 84.3 cm³/mol. The molecule has 114 valence electrons. The van der Waals surface area contributed by atoms with E-state index in [1.165, 1.54) is 22.5 Å². The number of fused-ring (bicyclic) bond motifs is 2. The maximum Gasteiger partial charge on any atom is 0.208 e. The number of pyridine rings is 1. The Balaban J connectivity index is 0.00000144. The fraction of sp³-hybridized carbons (Fsp3) is 0.278. The maximum atomic E-state index is 5.79. The minimum absolute atomic E-state index is 0. The van der Waals surface area contributed by atoms with Gasteiger partial charge in [0, 0.05) is 31.2 Å². The van der Waals surface area contributed by atoms with Crippen LogP contribution in [0, 0.1) is 0 Å². The third kappa shape index (κ3) is 2.63. The molecule has 22 heavy (non-hydrogen) atoms. The van der Waals surface area contributed by atoms with E-state index in [4.69, 9.17) is 4.74 Å². The lowest BCUT2D eigenvalue weighted by molar-refractivity contribution is -0.689. The van der Waals surface area contributed by atoms with Gasteiger partial charge in [0.1, 0.15) is 12.4 Å². The van der Waals surface area contributed by atoms with Gasteiger partial charge in [-0.05, 0) is 29.8 Å². The van der Waals surface area contributed by atoms with Crippen molar-refractivity contribution in [2.45, 2.75) is 13.0 Å². The number of hydrogen-bond donors (Lipinski definition) is 0. The van der Waals surface area contributed by atoms with Crippen molar-refractivity contribution in [2.75, 3.05) is 25.1 Å². The average molecular weight is 359 g/mol. The van der Waals surface area contributed by atoms with Crippen molar-refractivity contribution >= 4 is 17.3 Å². The summed E-state index contributed by atoms with van der Waals surface area (Å²) in [4.78, 5) is 2.25.